The Labute approximate surface area is 78.7 Å². The molecular formula is C8H4ClNOS. The molecule has 0 aliphatic rings. The summed E-state index contributed by atoms with van der Waals surface area (Å²) in [5.41, 5.74) is 0.310. The van der Waals surface area contributed by atoms with Gasteiger partial charge in [0, 0.05) is 11.0 Å². The van der Waals surface area contributed by atoms with E-state index >= 15 is 0 Å². The van der Waals surface area contributed by atoms with Crippen molar-refractivity contribution in [1.29, 1.82) is 5.26 Å². The first-order chi connectivity index (χ1) is 5.74. The Kier molecular flexibility index (Phi) is 3.03. The second-order valence-corrected chi connectivity index (χ2v) is 3.27. The van der Waals surface area contributed by atoms with E-state index in [2.05, 4.69) is 0 Å². The number of thiophene rings is 1. The van der Waals surface area contributed by atoms with Crippen molar-refractivity contribution in [2.45, 2.75) is 0 Å². The van der Waals surface area contributed by atoms with Crippen molar-refractivity contribution in [2.24, 2.45) is 0 Å². The molecule has 0 N–H and O–H groups in total. The van der Waals surface area contributed by atoms with Crippen molar-refractivity contribution in [3.8, 4) is 6.07 Å². The molecule has 0 aliphatic carbocycles. The summed E-state index contributed by atoms with van der Waals surface area (Å²) in [6, 6.07) is 5.47. The maximum absolute atomic E-state index is 10.5. The van der Waals surface area contributed by atoms with Crippen LogP contribution >= 0.6 is 22.9 Å². The highest BCUT2D eigenvalue weighted by molar-refractivity contribution is 7.11. The third kappa shape index (κ3) is 2.19. The van der Waals surface area contributed by atoms with Gasteiger partial charge in [0.15, 0.2) is 0 Å². The summed E-state index contributed by atoms with van der Waals surface area (Å²) in [7, 11) is 0. The van der Waals surface area contributed by atoms with E-state index in [0.717, 1.165) is 11.0 Å². The van der Waals surface area contributed by atoms with E-state index in [0.29, 0.717) is 5.57 Å². The minimum absolute atomic E-state index is 0.310. The third-order valence-corrected chi connectivity index (χ3v) is 2.18. The highest BCUT2D eigenvalue weighted by Gasteiger charge is 2.02. The average molecular weight is 198 g/mol. The molecule has 1 aromatic rings. The summed E-state index contributed by atoms with van der Waals surface area (Å²) < 4.78 is 0. The highest BCUT2D eigenvalue weighted by Crippen LogP contribution is 2.19. The molecule has 1 aromatic heterocycles. The molecule has 0 unspecified atom stereocenters. The van der Waals surface area contributed by atoms with Gasteiger partial charge in [-0.05, 0) is 23.0 Å². The van der Waals surface area contributed by atoms with Gasteiger partial charge in [-0.3, -0.25) is 4.79 Å². The van der Waals surface area contributed by atoms with Crippen molar-refractivity contribution < 1.29 is 4.79 Å². The SMILES string of the molecule is N#C/C(=C\C(=O)Cl)c1cccs1. The van der Waals surface area contributed by atoms with E-state index in [1.54, 1.807) is 6.07 Å². The first-order valence-corrected chi connectivity index (χ1v) is 4.35. The van der Waals surface area contributed by atoms with Crippen LogP contribution in [0.25, 0.3) is 5.57 Å². The van der Waals surface area contributed by atoms with Gasteiger partial charge in [-0.1, -0.05) is 6.07 Å². The van der Waals surface area contributed by atoms with Crippen LogP contribution in [0.1, 0.15) is 4.88 Å². The Hall–Kier alpha value is -1.11. The van der Waals surface area contributed by atoms with Gasteiger partial charge in [0.2, 0.25) is 5.24 Å². The summed E-state index contributed by atoms with van der Waals surface area (Å²) in [5, 5.41) is 9.83. The van der Waals surface area contributed by atoms with E-state index in [1.165, 1.54) is 11.3 Å². The lowest BCUT2D eigenvalue weighted by Gasteiger charge is -1.88. The lowest BCUT2D eigenvalue weighted by Crippen LogP contribution is -1.81. The first kappa shape index (κ1) is 8.98. The predicted octanol–water partition coefficient (Wildman–Crippen LogP) is 2.42. The van der Waals surface area contributed by atoms with Crippen LogP contribution in [0.2, 0.25) is 0 Å². The van der Waals surface area contributed by atoms with E-state index in [4.69, 9.17) is 16.9 Å². The van der Waals surface area contributed by atoms with Crippen LogP contribution in [0.15, 0.2) is 23.6 Å². The summed E-state index contributed by atoms with van der Waals surface area (Å²) in [6.07, 6.45) is 1.12. The number of nitrogens with zero attached hydrogens (tertiary/aromatic N) is 1. The molecule has 12 heavy (non-hydrogen) atoms. The number of carbonyl (C=O) groups excluding carboxylic acids is 1. The maximum atomic E-state index is 10.5. The van der Waals surface area contributed by atoms with Crippen molar-refractivity contribution in [1.82, 2.24) is 0 Å². The monoisotopic (exact) mass is 197 g/mol. The Morgan fingerprint density at radius 2 is 2.50 bits per heavy atom. The van der Waals surface area contributed by atoms with Crippen LogP contribution < -0.4 is 0 Å². The van der Waals surface area contributed by atoms with Crippen molar-refractivity contribution in [3.63, 3.8) is 0 Å². The topological polar surface area (TPSA) is 40.9 Å². The number of hydrogen-bond acceptors (Lipinski definition) is 3. The molecule has 2 nitrogen and oxygen atoms in total. The fourth-order valence-corrected chi connectivity index (χ4v) is 1.51. The molecule has 0 fully saturated rings. The van der Waals surface area contributed by atoms with Gasteiger partial charge < -0.3 is 0 Å². The Bertz CT molecular complexity index is 348. The van der Waals surface area contributed by atoms with Gasteiger partial charge in [0.25, 0.3) is 0 Å². The molecule has 0 aromatic carbocycles. The number of nitriles is 1. The van der Waals surface area contributed by atoms with E-state index in [9.17, 15) is 4.79 Å². The minimum atomic E-state index is -0.625. The van der Waals surface area contributed by atoms with Gasteiger partial charge >= 0.3 is 0 Å². The molecule has 0 bridgehead atoms. The van der Waals surface area contributed by atoms with E-state index in [-0.39, 0.29) is 0 Å². The van der Waals surface area contributed by atoms with Crippen molar-refractivity contribution in [2.75, 3.05) is 0 Å². The van der Waals surface area contributed by atoms with Gasteiger partial charge in [-0.15, -0.1) is 11.3 Å². The van der Waals surface area contributed by atoms with Crippen LogP contribution in [0.3, 0.4) is 0 Å². The van der Waals surface area contributed by atoms with Crippen molar-refractivity contribution >= 4 is 33.8 Å². The molecule has 1 rings (SSSR count). The van der Waals surface area contributed by atoms with Gasteiger partial charge in [-0.2, -0.15) is 5.26 Å². The zero-order valence-corrected chi connectivity index (χ0v) is 7.52. The molecule has 0 spiro atoms. The highest BCUT2D eigenvalue weighted by atomic mass is 35.5. The second-order valence-electron chi connectivity index (χ2n) is 1.95. The largest absolute Gasteiger partial charge is 0.276 e. The molecule has 1 heterocycles. The van der Waals surface area contributed by atoms with Gasteiger partial charge in [0.05, 0.1) is 5.57 Å². The van der Waals surface area contributed by atoms with Crippen LogP contribution in [0, 0.1) is 11.3 Å². The molecule has 0 radical (unpaired) electrons. The Balaban J connectivity index is 3.01. The fourth-order valence-electron chi connectivity index (χ4n) is 0.704. The number of allylic oxidation sites excluding steroid dienone is 2. The molecular weight excluding hydrogens is 194 g/mol. The molecule has 0 aliphatic heterocycles. The standard InChI is InChI=1S/C8H4ClNOS/c9-8(11)4-6(5-10)7-2-1-3-12-7/h1-4H/b6-4+. The number of halogens is 1. The first-order valence-electron chi connectivity index (χ1n) is 3.09. The maximum Gasteiger partial charge on any atom is 0.246 e. The normalized spacial score (nSPS) is 10.8. The number of carbonyl (C=O) groups is 1. The fraction of sp³-hybridized carbons (Fsp3) is 0. The summed E-state index contributed by atoms with van der Waals surface area (Å²) in [6.45, 7) is 0. The summed E-state index contributed by atoms with van der Waals surface area (Å²) in [5.74, 6) is 0. The smallest absolute Gasteiger partial charge is 0.246 e. The third-order valence-electron chi connectivity index (χ3n) is 1.16. The zero-order valence-electron chi connectivity index (χ0n) is 5.95. The molecule has 4 heteroatoms. The zero-order chi connectivity index (χ0) is 8.97. The van der Waals surface area contributed by atoms with Crippen LogP contribution in [0.5, 0.6) is 0 Å². The number of rotatable bonds is 2. The second kappa shape index (κ2) is 4.05. The molecule has 0 saturated heterocycles. The lowest BCUT2D eigenvalue weighted by molar-refractivity contribution is -0.107. The molecule has 60 valence electrons. The number of hydrogen-bond donors (Lipinski definition) is 0. The Morgan fingerprint density at radius 3 is 2.92 bits per heavy atom. The molecule has 0 amide bonds. The minimum Gasteiger partial charge on any atom is -0.276 e. The average Bonchev–Trinajstić information content (AvgIpc) is 2.51. The predicted molar refractivity (Wildman–Crippen MR) is 48.8 cm³/mol. The molecule has 0 atom stereocenters. The lowest BCUT2D eigenvalue weighted by atomic mass is 10.2. The van der Waals surface area contributed by atoms with Crippen LogP contribution in [0.4, 0.5) is 0 Å². The van der Waals surface area contributed by atoms with E-state index in [1.807, 2.05) is 17.5 Å². The summed E-state index contributed by atoms with van der Waals surface area (Å²) >= 11 is 6.50. The Morgan fingerprint density at radius 1 is 1.75 bits per heavy atom. The van der Waals surface area contributed by atoms with E-state index < -0.39 is 5.24 Å². The van der Waals surface area contributed by atoms with Crippen LogP contribution in [-0.2, 0) is 4.79 Å². The molecule has 0 saturated carbocycles. The van der Waals surface area contributed by atoms with Crippen LogP contribution in [-0.4, -0.2) is 5.24 Å². The van der Waals surface area contributed by atoms with Crippen molar-refractivity contribution in [3.05, 3.63) is 28.5 Å². The summed E-state index contributed by atoms with van der Waals surface area (Å²) in [4.78, 5) is 11.2. The quantitative estimate of drug-likeness (QED) is 0.415. The van der Waals surface area contributed by atoms with Gasteiger partial charge in [0.1, 0.15) is 6.07 Å². The van der Waals surface area contributed by atoms with Gasteiger partial charge in [-0.25, -0.2) is 0 Å².